The van der Waals surface area contributed by atoms with Crippen LogP contribution in [0.15, 0.2) is 35.2 Å². The van der Waals surface area contributed by atoms with E-state index in [4.69, 9.17) is 16.7 Å². The van der Waals surface area contributed by atoms with Crippen molar-refractivity contribution in [1.82, 2.24) is 14.7 Å². The fourth-order valence-electron chi connectivity index (χ4n) is 2.85. The number of likely N-dealkylation sites (N-methyl/N-ethyl adjacent to an activating group) is 1. The van der Waals surface area contributed by atoms with Crippen LogP contribution in [0.4, 0.5) is 0 Å². The number of sulfonamides is 1. The number of aromatic nitrogens is 2. The van der Waals surface area contributed by atoms with Gasteiger partial charge in [0.15, 0.2) is 0 Å². The fraction of sp³-hybridized carbons (Fsp3) is 0.400. The molecule has 0 radical (unpaired) electrons. The Morgan fingerprint density at radius 3 is 2.38 bits per heavy atom. The van der Waals surface area contributed by atoms with Gasteiger partial charge in [-0.05, 0) is 43.5 Å². The summed E-state index contributed by atoms with van der Waals surface area (Å²) in [5.41, 5.74) is 2.27. The molecule has 0 bridgehead atoms. The lowest BCUT2D eigenvalue weighted by atomic mass is 10.1. The molecular weight excluding hydrogens is 412 g/mol. The van der Waals surface area contributed by atoms with E-state index < -0.39 is 10.0 Å². The number of nitrogens with two attached hydrogens (primary N) is 1. The molecule has 1 amide bonds. The maximum atomic E-state index is 12.6. The summed E-state index contributed by atoms with van der Waals surface area (Å²) in [6, 6.07) is 5.90. The summed E-state index contributed by atoms with van der Waals surface area (Å²) >= 11 is 6.41. The molecule has 1 unspecified atom stereocenters. The van der Waals surface area contributed by atoms with Crippen LogP contribution in [-0.4, -0.2) is 36.1 Å². The largest absolute Gasteiger partial charge is 0.335 e. The van der Waals surface area contributed by atoms with Crippen molar-refractivity contribution in [3.63, 3.8) is 0 Å². The van der Waals surface area contributed by atoms with E-state index in [0.29, 0.717) is 17.6 Å². The molecule has 0 aliphatic rings. The van der Waals surface area contributed by atoms with Crippen LogP contribution >= 0.6 is 11.6 Å². The van der Waals surface area contributed by atoms with E-state index in [1.807, 2.05) is 13.8 Å². The minimum atomic E-state index is -3.75. The highest BCUT2D eigenvalue weighted by molar-refractivity contribution is 7.89. The first-order chi connectivity index (χ1) is 13.4. The lowest BCUT2D eigenvalue weighted by molar-refractivity contribution is -0.126. The fourth-order valence-corrected chi connectivity index (χ4v) is 3.67. The molecule has 0 spiro atoms. The van der Waals surface area contributed by atoms with Gasteiger partial charge < -0.3 is 4.90 Å². The Bertz CT molecular complexity index is 1010. The molecule has 1 atom stereocenters. The molecule has 2 N–H and O–H groups in total. The Morgan fingerprint density at radius 1 is 1.28 bits per heavy atom. The topological polar surface area (TPSA) is 98.3 Å². The van der Waals surface area contributed by atoms with Gasteiger partial charge in [0.05, 0.1) is 16.6 Å². The maximum absolute atomic E-state index is 12.6. The molecule has 9 heteroatoms. The minimum Gasteiger partial charge on any atom is -0.335 e. The van der Waals surface area contributed by atoms with Crippen molar-refractivity contribution in [3.05, 3.63) is 52.3 Å². The van der Waals surface area contributed by atoms with Gasteiger partial charge in [-0.1, -0.05) is 37.6 Å². The van der Waals surface area contributed by atoms with Gasteiger partial charge in [-0.15, -0.1) is 0 Å². The predicted molar refractivity (Wildman–Crippen MR) is 115 cm³/mol. The second-order valence-electron chi connectivity index (χ2n) is 7.44. The van der Waals surface area contributed by atoms with E-state index in [2.05, 4.69) is 18.9 Å². The maximum Gasteiger partial charge on any atom is 0.246 e. The van der Waals surface area contributed by atoms with Crippen molar-refractivity contribution < 1.29 is 13.2 Å². The molecule has 0 saturated carbocycles. The van der Waals surface area contributed by atoms with Crippen molar-refractivity contribution in [3.8, 4) is 0 Å². The monoisotopic (exact) mass is 438 g/mol. The number of carbonyl (C=O) groups is 1. The quantitative estimate of drug-likeness (QED) is 0.670. The van der Waals surface area contributed by atoms with Crippen LogP contribution in [0.3, 0.4) is 0 Å². The number of nitrogens with zero attached hydrogens (tertiary/aromatic N) is 3. The van der Waals surface area contributed by atoms with E-state index in [1.54, 1.807) is 34.8 Å². The third-order valence-electron chi connectivity index (χ3n) is 4.66. The summed E-state index contributed by atoms with van der Waals surface area (Å²) in [6.07, 6.45) is 3.14. The average molecular weight is 439 g/mol. The zero-order chi connectivity index (χ0) is 21.9. The average Bonchev–Trinajstić information content (AvgIpc) is 2.90. The number of carbonyl (C=O) groups excluding carboxylic acids is 1. The highest BCUT2D eigenvalue weighted by Crippen LogP contribution is 2.24. The Hall–Kier alpha value is -2.16. The van der Waals surface area contributed by atoms with Gasteiger partial charge in [-0.2, -0.15) is 5.10 Å². The number of benzene rings is 1. The predicted octanol–water partition coefficient (Wildman–Crippen LogP) is 3.38. The van der Waals surface area contributed by atoms with E-state index in [9.17, 15) is 13.2 Å². The first kappa shape index (κ1) is 23.1. The Balaban J connectivity index is 2.15. The van der Waals surface area contributed by atoms with Crippen LogP contribution in [0.1, 0.15) is 43.6 Å². The first-order valence-corrected chi connectivity index (χ1v) is 11.1. The Kier molecular flexibility index (Phi) is 7.26. The number of hydrogen-bond acceptors (Lipinski definition) is 4. The second kappa shape index (κ2) is 9.11. The van der Waals surface area contributed by atoms with Crippen LogP contribution in [0.25, 0.3) is 6.08 Å². The number of aryl methyl sites for hydroxylation is 1. The minimum absolute atomic E-state index is 0.0332. The van der Waals surface area contributed by atoms with Gasteiger partial charge in [-0.25, -0.2) is 13.6 Å². The van der Waals surface area contributed by atoms with E-state index in [1.165, 1.54) is 18.2 Å². The number of hydrogen-bond donors (Lipinski definition) is 1. The van der Waals surface area contributed by atoms with Crippen molar-refractivity contribution in [2.75, 3.05) is 7.05 Å². The van der Waals surface area contributed by atoms with Crippen LogP contribution in [-0.2, 0) is 21.4 Å². The van der Waals surface area contributed by atoms with Crippen molar-refractivity contribution in [2.24, 2.45) is 11.1 Å². The summed E-state index contributed by atoms with van der Waals surface area (Å²) < 4.78 is 24.5. The third-order valence-corrected chi connectivity index (χ3v) is 5.99. The van der Waals surface area contributed by atoms with Gasteiger partial charge in [0.25, 0.3) is 0 Å². The normalized spacial score (nSPS) is 13.2. The molecule has 2 aromatic rings. The Morgan fingerprint density at radius 2 is 1.86 bits per heavy atom. The van der Waals surface area contributed by atoms with Gasteiger partial charge >= 0.3 is 0 Å². The van der Waals surface area contributed by atoms with Crippen molar-refractivity contribution >= 4 is 33.6 Å². The molecule has 1 aromatic heterocycles. The van der Waals surface area contributed by atoms with Gasteiger partial charge in [-0.3, -0.25) is 9.48 Å². The summed E-state index contributed by atoms with van der Waals surface area (Å²) in [4.78, 5) is 14.2. The standard InChI is InChI=1S/C20H27ClN4O3S/c1-13(2)12-25-20(21)18(14(3)23-25)10-11-19(26)24(5)15(4)16-6-8-17(9-7-16)29(22,27)28/h6-11,13,15H,12H2,1-5H3,(H2,22,27,28)/b11-10+. The van der Waals surface area contributed by atoms with Crippen LogP contribution in [0.2, 0.25) is 5.15 Å². The van der Waals surface area contributed by atoms with Gasteiger partial charge in [0.2, 0.25) is 15.9 Å². The lowest BCUT2D eigenvalue weighted by Gasteiger charge is -2.24. The summed E-state index contributed by atoms with van der Waals surface area (Å²) in [5.74, 6) is 0.193. The molecule has 7 nitrogen and oxygen atoms in total. The molecule has 1 heterocycles. The molecule has 0 fully saturated rings. The van der Waals surface area contributed by atoms with Gasteiger partial charge in [0.1, 0.15) is 5.15 Å². The summed E-state index contributed by atoms with van der Waals surface area (Å²) in [6.45, 7) is 8.58. The van der Waals surface area contributed by atoms with E-state index in [-0.39, 0.29) is 16.8 Å². The molecule has 1 aromatic carbocycles. The number of amides is 1. The highest BCUT2D eigenvalue weighted by atomic mass is 35.5. The smallest absolute Gasteiger partial charge is 0.246 e. The van der Waals surface area contributed by atoms with Crippen molar-refractivity contribution in [2.45, 2.75) is 45.2 Å². The Labute approximate surface area is 177 Å². The van der Waals surface area contributed by atoms with E-state index >= 15 is 0 Å². The van der Waals surface area contributed by atoms with Crippen LogP contribution in [0.5, 0.6) is 0 Å². The molecule has 0 saturated heterocycles. The number of rotatable bonds is 7. The second-order valence-corrected chi connectivity index (χ2v) is 9.36. The molecule has 0 aliphatic carbocycles. The van der Waals surface area contributed by atoms with Crippen LogP contribution < -0.4 is 5.14 Å². The first-order valence-electron chi connectivity index (χ1n) is 9.22. The lowest BCUT2D eigenvalue weighted by Crippen LogP contribution is -2.28. The van der Waals surface area contributed by atoms with Crippen LogP contribution in [0, 0.1) is 12.8 Å². The van der Waals surface area contributed by atoms with Gasteiger partial charge in [0, 0.05) is 25.2 Å². The third kappa shape index (κ3) is 5.68. The zero-order valence-corrected chi connectivity index (χ0v) is 18.8. The molecule has 0 aliphatic heterocycles. The summed E-state index contributed by atoms with van der Waals surface area (Å²) in [7, 11) is -2.07. The molecular formula is C20H27ClN4O3S. The van der Waals surface area contributed by atoms with E-state index in [0.717, 1.165) is 16.8 Å². The summed E-state index contributed by atoms with van der Waals surface area (Å²) in [5, 5.41) is 10.1. The molecule has 158 valence electrons. The molecule has 29 heavy (non-hydrogen) atoms. The van der Waals surface area contributed by atoms with Crippen molar-refractivity contribution in [1.29, 1.82) is 0 Å². The SMILES string of the molecule is Cc1nn(CC(C)C)c(Cl)c1/C=C/C(=O)N(C)C(C)c1ccc(S(N)(=O)=O)cc1. The number of primary sulfonamides is 1. The zero-order valence-electron chi connectivity index (χ0n) is 17.3. The molecule has 2 rings (SSSR count). The highest BCUT2D eigenvalue weighted by Gasteiger charge is 2.18. The number of halogens is 1.